The first kappa shape index (κ1) is 22.8. The van der Waals surface area contributed by atoms with Crippen molar-refractivity contribution in [2.45, 2.75) is 45.1 Å². The Kier molecular flexibility index (Phi) is 7.64. The zero-order valence-electron chi connectivity index (χ0n) is 18.6. The first-order valence-electron chi connectivity index (χ1n) is 10.4. The van der Waals surface area contributed by atoms with Gasteiger partial charge in [0.05, 0.1) is 30.4 Å². The van der Waals surface area contributed by atoms with Gasteiger partial charge in [-0.05, 0) is 44.2 Å². The van der Waals surface area contributed by atoms with Gasteiger partial charge >= 0.3 is 6.09 Å². The van der Waals surface area contributed by atoms with Gasteiger partial charge in [-0.15, -0.1) is 0 Å². The van der Waals surface area contributed by atoms with Crippen LogP contribution in [0.3, 0.4) is 0 Å². The standard InChI is InChI=1S/C22H31N5O4/c1-15-6-7-16-17(27(15)22(28)31-4)8-9-18-21(16)25-19(10-13-24-12-5-11-23)26(18)14-20(29-2)30-3/h5,8-9,11-12,15,20H,6-7,10,13-14,23H2,1-4H3/t15-/m0/s1. The van der Waals surface area contributed by atoms with Gasteiger partial charge in [0.15, 0.2) is 6.29 Å². The molecular weight excluding hydrogens is 398 g/mol. The number of ether oxygens (including phenoxy) is 3. The Balaban J connectivity index is 2.06. The zero-order valence-corrected chi connectivity index (χ0v) is 18.6. The number of amides is 1. The molecule has 0 fully saturated rings. The Morgan fingerprint density at radius 2 is 2.13 bits per heavy atom. The van der Waals surface area contributed by atoms with E-state index in [4.69, 9.17) is 24.9 Å². The number of allylic oxidation sites excluding steroid dienone is 1. The third-order valence-electron chi connectivity index (χ3n) is 5.59. The Morgan fingerprint density at radius 1 is 1.35 bits per heavy atom. The largest absolute Gasteiger partial charge is 0.452 e. The second-order valence-electron chi connectivity index (χ2n) is 7.39. The lowest BCUT2D eigenvalue weighted by Gasteiger charge is -2.34. The number of nitrogens with two attached hydrogens (primary N) is 1. The second kappa shape index (κ2) is 10.4. The van der Waals surface area contributed by atoms with Crippen LogP contribution in [0.5, 0.6) is 0 Å². The van der Waals surface area contributed by atoms with Crippen LogP contribution >= 0.6 is 0 Å². The van der Waals surface area contributed by atoms with Crippen molar-refractivity contribution < 1.29 is 19.0 Å². The number of nitrogens with zero attached hydrogens (tertiary/aromatic N) is 4. The molecule has 9 heteroatoms. The van der Waals surface area contributed by atoms with E-state index in [2.05, 4.69) is 9.56 Å². The highest BCUT2D eigenvalue weighted by atomic mass is 16.7. The molecule has 2 aromatic rings. The Morgan fingerprint density at radius 3 is 2.81 bits per heavy atom. The molecule has 2 heterocycles. The summed E-state index contributed by atoms with van der Waals surface area (Å²) in [4.78, 5) is 23.4. The lowest BCUT2D eigenvalue weighted by Crippen LogP contribution is -2.42. The van der Waals surface area contributed by atoms with Crippen LogP contribution in [0, 0.1) is 0 Å². The van der Waals surface area contributed by atoms with Crippen molar-refractivity contribution in [3.8, 4) is 0 Å². The van der Waals surface area contributed by atoms with E-state index in [1.807, 2.05) is 19.1 Å². The highest BCUT2D eigenvalue weighted by molar-refractivity contribution is 5.95. The number of aryl methyl sites for hydroxylation is 1. The van der Waals surface area contributed by atoms with Crippen LogP contribution in [0.2, 0.25) is 0 Å². The maximum Gasteiger partial charge on any atom is 0.414 e. The van der Waals surface area contributed by atoms with Gasteiger partial charge in [0.25, 0.3) is 0 Å². The molecule has 168 valence electrons. The number of hydrogen-bond donors (Lipinski definition) is 1. The van der Waals surface area contributed by atoms with Crippen LogP contribution in [-0.4, -0.2) is 62.1 Å². The SMILES string of the molecule is COC(=O)N1c2ccc3c(nc(CCN=CC=CN)n3CC(OC)OC)c2CC[C@@H]1C. The average molecular weight is 430 g/mol. The van der Waals surface area contributed by atoms with E-state index in [9.17, 15) is 4.79 Å². The third kappa shape index (κ3) is 4.72. The summed E-state index contributed by atoms with van der Waals surface area (Å²) in [5.41, 5.74) is 9.14. The van der Waals surface area contributed by atoms with Crippen molar-refractivity contribution in [1.29, 1.82) is 0 Å². The number of rotatable bonds is 8. The minimum Gasteiger partial charge on any atom is -0.452 e. The minimum atomic E-state index is -0.401. The molecule has 0 radical (unpaired) electrons. The summed E-state index contributed by atoms with van der Waals surface area (Å²) in [7, 11) is 4.65. The highest BCUT2D eigenvalue weighted by Gasteiger charge is 2.31. The van der Waals surface area contributed by atoms with Gasteiger partial charge in [0.2, 0.25) is 0 Å². The summed E-state index contributed by atoms with van der Waals surface area (Å²) in [5, 5.41) is 0. The molecule has 0 aliphatic carbocycles. The smallest absolute Gasteiger partial charge is 0.414 e. The molecular formula is C22H31N5O4. The van der Waals surface area contributed by atoms with Crippen molar-refractivity contribution in [1.82, 2.24) is 9.55 Å². The maximum absolute atomic E-state index is 12.4. The van der Waals surface area contributed by atoms with Gasteiger partial charge < -0.3 is 24.5 Å². The van der Waals surface area contributed by atoms with Gasteiger partial charge in [0.1, 0.15) is 5.82 Å². The Hall–Kier alpha value is -2.91. The second-order valence-corrected chi connectivity index (χ2v) is 7.39. The first-order chi connectivity index (χ1) is 15.0. The summed E-state index contributed by atoms with van der Waals surface area (Å²) in [6.07, 6.45) is 6.39. The number of benzene rings is 1. The number of methoxy groups -OCH3 is 3. The minimum absolute atomic E-state index is 0.0651. The quantitative estimate of drug-likeness (QED) is 0.511. The number of imidazole rings is 1. The number of anilines is 1. The summed E-state index contributed by atoms with van der Waals surface area (Å²) < 4.78 is 18.0. The number of carbonyl (C=O) groups excluding carboxylic acids is 1. The lowest BCUT2D eigenvalue weighted by molar-refractivity contribution is -0.110. The highest BCUT2D eigenvalue weighted by Crippen LogP contribution is 2.36. The van der Waals surface area contributed by atoms with Gasteiger partial charge in [-0.2, -0.15) is 0 Å². The zero-order chi connectivity index (χ0) is 22.4. The monoisotopic (exact) mass is 429 g/mol. The summed E-state index contributed by atoms with van der Waals surface area (Å²) in [6.45, 7) is 3.11. The molecule has 0 saturated heterocycles. The number of hydrogen-bond acceptors (Lipinski definition) is 7. The van der Waals surface area contributed by atoms with Crippen molar-refractivity contribution in [3.05, 3.63) is 35.8 Å². The molecule has 1 aromatic heterocycles. The van der Waals surface area contributed by atoms with Crippen LogP contribution < -0.4 is 10.6 Å². The molecule has 0 unspecified atom stereocenters. The van der Waals surface area contributed by atoms with Crippen molar-refractivity contribution in [3.63, 3.8) is 0 Å². The number of fused-ring (bicyclic) bond motifs is 3. The predicted octanol–water partition coefficient (Wildman–Crippen LogP) is 2.65. The van der Waals surface area contributed by atoms with Crippen molar-refractivity contribution >= 4 is 29.0 Å². The van der Waals surface area contributed by atoms with E-state index >= 15 is 0 Å². The number of carbonyl (C=O) groups is 1. The van der Waals surface area contributed by atoms with E-state index in [1.165, 1.54) is 13.3 Å². The number of aromatic nitrogens is 2. The van der Waals surface area contributed by atoms with E-state index in [0.29, 0.717) is 19.5 Å². The topological polar surface area (TPSA) is 104 Å². The molecule has 0 saturated carbocycles. The third-order valence-corrected chi connectivity index (χ3v) is 5.59. The molecule has 3 rings (SSSR count). The van der Waals surface area contributed by atoms with Crippen LogP contribution in [0.25, 0.3) is 11.0 Å². The molecule has 0 spiro atoms. The van der Waals surface area contributed by atoms with Gasteiger partial charge in [-0.25, -0.2) is 9.78 Å². The first-order valence-corrected chi connectivity index (χ1v) is 10.4. The normalized spacial score (nSPS) is 16.7. The summed E-state index contributed by atoms with van der Waals surface area (Å²) >= 11 is 0. The van der Waals surface area contributed by atoms with Gasteiger partial charge in [0, 0.05) is 45.0 Å². The molecule has 2 N–H and O–H groups in total. The van der Waals surface area contributed by atoms with Crippen LogP contribution in [-0.2, 0) is 33.6 Å². The maximum atomic E-state index is 12.4. The molecule has 1 aliphatic rings. The summed E-state index contributed by atoms with van der Waals surface area (Å²) in [6, 6.07) is 4.04. The van der Waals surface area contributed by atoms with Crippen molar-refractivity contribution in [2.75, 3.05) is 32.8 Å². The van der Waals surface area contributed by atoms with E-state index in [0.717, 1.165) is 41.0 Å². The van der Waals surface area contributed by atoms with Crippen LogP contribution in [0.4, 0.5) is 10.5 Å². The van der Waals surface area contributed by atoms with Crippen LogP contribution in [0.15, 0.2) is 29.4 Å². The van der Waals surface area contributed by atoms with Crippen LogP contribution in [0.1, 0.15) is 24.7 Å². The lowest BCUT2D eigenvalue weighted by atomic mass is 9.96. The molecule has 31 heavy (non-hydrogen) atoms. The van der Waals surface area contributed by atoms with Crippen molar-refractivity contribution in [2.24, 2.45) is 10.7 Å². The molecule has 0 bridgehead atoms. The Bertz CT molecular complexity index is 964. The Labute approximate surface area is 182 Å². The van der Waals surface area contributed by atoms with E-state index < -0.39 is 6.29 Å². The molecule has 1 amide bonds. The molecule has 9 nitrogen and oxygen atoms in total. The fraction of sp³-hybridized carbons (Fsp3) is 0.500. The van der Waals surface area contributed by atoms with E-state index in [-0.39, 0.29) is 12.1 Å². The van der Waals surface area contributed by atoms with Gasteiger partial charge in [-0.1, -0.05) is 0 Å². The molecule has 1 atom stereocenters. The fourth-order valence-corrected chi connectivity index (χ4v) is 3.99. The summed E-state index contributed by atoms with van der Waals surface area (Å²) in [5.74, 6) is 0.889. The van der Waals surface area contributed by atoms with Gasteiger partial charge in [-0.3, -0.25) is 9.89 Å². The average Bonchev–Trinajstić information content (AvgIpc) is 3.13. The fourth-order valence-electron chi connectivity index (χ4n) is 3.99. The van der Waals surface area contributed by atoms with E-state index in [1.54, 1.807) is 31.4 Å². The number of aliphatic imine (C=N–C) groups is 1. The predicted molar refractivity (Wildman–Crippen MR) is 121 cm³/mol. The molecule has 1 aromatic carbocycles. The molecule has 1 aliphatic heterocycles.